The van der Waals surface area contributed by atoms with E-state index in [0.29, 0.717) is 10.7 Å². The van der Waals surface area contributed by atoms with E-state index in [4.69, 9.17) is 16.3 Å². The first-order chi connectivity index (χ1) is 10.1. The number of carbonyl (C=O) groups is 2. The molecule has 2 rings (SSSR count). The fourth-order valence-electron chi connectivity index (χ4n) is 1.74. The summed E-state index contributed by atoms with van der Waals surface area (Å²) in [7, 11) is 0. The van der Waals surface area contributed by atoms with Crippen molar-refractivity contribution in [2.24, 2.45) is 0 Å². The molecule has 0 radical (unpaired) electrons. The van der Waals surface area contributed by atoms with Crippen molar-refractivity contribution in [3.63, 3.8) is 0 Å². The fraction of sp³-hybridized carbons (Fsp3) is 0.214. The molecular weight excluding hydrogens is 294 g/mol. The molecule has 0 saturated heterocycles. The van der Waals surface area contributed by atoms with E-state index >= 15 is 0 Å². The van der Waals surface area contributed by atoms with Crippen LogP contribution >= 0.6 is 11.6 Å². The molecule has 1 amide bonds. The van der Waals surface area contributed by atoms with Crippen molar-refractivity contribution in [3.05, 3.63) is 48.0 Å². The van der Waals surface area contributed by atoms with Crippen LogP contribution in [-0.4, -0.2) is 34.7 Å². The summed E-state index contributed by atoms with van der Waals surface area (Å²) in [5.41, 5.74) is 0.547. The lowest BCUT2D eigenvalue weighted by molar-refractivity contribution is -0.141. The third-order valence-corrected chi connectivity index (χ3v) is 2.94. The third kappa shape index (κ3) is 3.82. The SMILES string of the molecule is CCOC(=O)CN(C(=O)n1ccnc1)c1ccc(Cl)cc1. The minimum absolute atomic E-state index is 0.188. The number of hydrogen-bond acceptors (Lipinski definition) is 4. The van der Waals surface area contributed by atoms with Crippen LogP contribution in [0.1, 0.15) is 6.92 Å². The van der Waals surface area contributed by atoms with Gasteiger partial charge in [0.2, 0.25) is 0 Å². The number of carbonyl (C=O) groups excluding carboxylic acids is 2. The number of halogens is 1. The van der Waals surface area contributed by atoms with Crippen LogP contribution in [0.2, 0.25) is 5.02 Å². The van der Waals surface area contributed by atoms with E-state index in [0.717, 1.165) is 0 Å². The molecule has 0 fully saturated rings. The number of nitrogens with zero attached hydrogens (tertiary/aromatic N) is 3. The Morgan fingerprint density at radius 1 is 1.33 bits per heavy atom. The molecule has 1 aromatic carbocycles. The number of amides is 1. The number of anilines is 1. The summed E-state index contributed by atoms with van der Waals surface area (Å²) >= 11 is 5.84. The largest absolute Gasteiger partial charge is 0.465 e. The zero-order chi connectivity index (χ0) is 15.2. The van der Waals surface area contributed by atoms with E-state index in [2.05, 4.69) is 4.98 Å². The highest BCUT2D eigenvalue weighted by molar-refractivity contribution is 6.30. The second-order valence-electron chi connectivity index (χ2n) is 4.12. The second kappa shape index (κ2) is 6.90. The lowest BCUT2D eigenvalue weighted by atomic mass is 10.3. The molecule has 0 unspecified atom stereocenters. The highest BCUT2D eigenvalue weighted by atomic mass is 35.5. The van der Waals surface area contributed by atoms with Gasteiger partial charge in [-0.3, -0.25) is 14.3 Å². The molecule has 1 heterocycles. The van der Waals surface area contributed by atoms with E-state index in [1.807, 2.05) is 0 Å². The van der Waals surface area contributed by atoms with Crippen LogP contribution in [0.3, 0.4) is 0 Å². The molecule has 0 aliphatic heterocycles. The molecule has 2 aromatic rings. The van der Waals surface area contributed by atoms with Crippen molar-refractivity contribution in [3.8, 4) is 0 Å². The van der Waals surface area contributed by atoms with Crippen molar-refractivity contribution in [1.29, 1.82) is 0 Å². The maximum atomic E-state index is 12.4. The van der Waals surface area contributed by atoms with Crippen LogP contribution in [0, 0.1) is 0 Å². The summed E-state index contributed by atoms with van der Waals surface area (Å²) < 4.78 is 6.19. The molecule has 6 nitrogen and oxygen atoms in total. The zero-order valence-corrected chi connectivity index (χ0v) is 12.2. The van der Waals surface area contributed by atoms with Gasteiger partial charge in [0, 0.05) is 23.1 Å². The number of ether oxygens (including phenoxy) is 1. The molecule has 0 aliphatic carbocycles. The quantitative estimate of drug-likeness (QED) is 0.814. The van der Waals surface area contributed by atoms with Crippen molar-refractivity contribution in [2.45, 2.75) is 6.92 Å². The van der Waals surface area contributed by atoms with Crippen molar-refractivity contribution < 1.29 is 14.3 Å². The van der Waals surface area contributed by atoms with Gasteiger partial charge in [-0.05, 0) is 31.2 Å². The van der Waals surface area contributed by atoms with Crippen molar-refractivity contribution >= 4 is 29.3 Å². The molecule has 0 atom stereocenters. The highest BCUT2D eigenvalue weighted by Gasteiger charge is 2.21. The van der Waals surface area contributed by atoms with E-state index < -0.39 is 12.0 Å². The smallest absolute Gasteiger partial charge is 0.334 e. The van der Waals surface area contributed by atoms with E-state index in [1.165, 1.54) is 28.2 Å². The van der Waals surface area contributed by atoms with Crippen LogP contribution < -0.4 is 4.90 Å². The monoisotopic (exact) mass is 307 g/mol. The first-order valence-electron chi connectivity index (χ1n) is 6.33. The first-order valence-corrected chi connectivity index (χ1v) is 6.70. The number of rotatable bonds is 4. The topological polar surface area (TPSA) is 64.4 Å². The van der Waals surface area contributed by atoms with Crippen molar-refractivity contribution in [2.75, 3.05) is 18.1 Å². The van der Waals surface area contributed by atoms with Gasteiger partial charge in [0.05, 0.1) is 6.61 Å². The van der Waals surface area contributed by atoms with Gasteiger partial charge in [0.25, 0.3) is 0 Å². The minimum Gasteiger partial charge on any atom is -0.465 e. The summed E-state index contributed by atoms with van der Waals surface area (Å²) in [6.45, 7) is 1.78. The Balaban J connectivity index is 2.27. The van der Waals surface area contributed by atoms with Gasteiger partial charge in [-0.2, -0.15) is 0 Å². The Morgan fingerprint density at radius 3 is 2.62 bits per heavy atom. The van der Waals surface area contributed by atoms with Gasteiger partial charge >= 0.3 is 12.0 Å². The molecule has 1 aromatic heterocycles. The molecule has 0 spiro atoms. The Kier molecular flexibility index (Phi) is 4.94. The van der Waals surface area contributed by atoms with E-state index in [-0.39, 0.29) is 13.2 Å². The Morgan fingerprint density at radius 2 is 2.05 bits per heavy atom. The Bertz CT molecular complexity index is 611. The van der Waals surface area contributed by atoms with Crippen molar-refractivity contribution in [1.82, 2.24) is 9.55 Å². The van der Waals surface area contributed by atoms with Gasteiger partial charge in [0.15, 0.2) is 0 Å². The van der Waals surface area contributed by atoms with E-state index in [9.17, 15) is 9.59 Å². The lowest BCUT2D eigenvalue weighted by Crippen LogP contribution is -2.39. The van der Waals surface area contributed by atoms with E-state index in [1.54, 1.807) is 31.2 Å². The second-order valence-corrected chi connectivity index (χ2v) is 4.56. The van der Waals surface area contributed by atoms with Gasteiger partial charge in [-0.15, -0.1) is 0 Å². The van der Waals surface area contributed by atoms with Crippen LogP contribution in [0.25, 0.3) is 0 Å². The van der Waals surface area contributed by atoms with Crippen LogP contribution in [0.15, 0.2) is 43.0 Å². The maximum Gasteiger partial charge on any atom is 0.334 e. The lowest BCUT2D eigenvalue weighted by Gasteiger charge is -2.21. The highest BCUT2D eigenvalue weighted by Crippen LogP contribution is 2.19. The number of imidazole rings is 1. The number of benzene rings is 1. The number of hydrogen-bond donors (Lipinski definition) is 0. The molecule has 0 saturated carbocycles. The molecule has 0 bridgehead atoms. The first kappa shape index (κ1) is 15.1. The summed E-state index contributed by atoms with van der Waals surface area (Å²) in [5.74, 6) is -0.485. The van der Waals surface area contributed by atoms with Gasteiger partial charge < -0.3 is 4.74 Å². The predicted octanol–water partition coefficient (Wildman–Crippen LogP) is 2.57. The third-order valence-electron chi connectivity index (χ3n) is 2.69. The van der Waals surface area contributed by atoms with Gasteiger partial charge in [-0.25, -0.2) is 9.78 Å². The van der Waals surface area contributed by atoms with Crippen LogP contribution in [-0.2, 0) is 9.53 Å². The zero-order valence-electron chi connectivity index (χ0n) is 11.4. The average Bonchev–Trinajstić information content (AvgIpc) is 3.00. The maximum absolute atomic E-state index is 12.4. The van der Waals surface area contributed by atoms with Crippen LogP contribution in [0.4, 0.5) is 10.5 Å². The van der Waals surface area contributed by atoms with Gasteiger partial charge in [0.1, 0.15) is 12.9 Å². The normalized spacial score (nSPS) is 10.2. The molecule has 0 N–H and O–H groups in total. The molecule has 7 heteroatoms. The summed E-state index contributed by atoms with van der Waals surface area (Å²) in [5, 5.41) is 0.546. The van der Waals surface area contributed by atoms with Crippen LogP contribution in [0.5, 0.6) is 0 Å². The summed E-state index contributed by atoms with van der Waals surface area (Å²) in [6, 6.07) is 6.22. The summed E-state index contributed by atoms with van der Waals surface area (Å²) in [6.07, 6.45) is 4.37. The standard InChI is InChI=1S/C14H14ClN3O3/c1-2-21-13(19)9-18(12-5-3-11(15)4-6-12)14(20)17-8-7-16-10-17/h3-8,10H,2,9H2,1H3. The molecule has 110 valence electrons. The Labute approximate surface area is 126 Å². The summed E-state index contributed by atoms with van der Waals surface area (Å²) in [4.78, 5) is 29.3. The number of aromatic nitrogens is 2. The number of esters is 1. The molecule has 0 aliphatic rings. The fourth-order valence-corrected chi connectivity index (χ4v) is 1.86. The minimum atomic E-state index is -0.485. The molecule has 21 heavy (non-hydrogen) atoms. The van der Waals surface area contributed by atoms with Gasteiger partial charge in [-0.1, -0.05) is 11.6 Å². The molecular formula is C14H14ClN3O3. The Hall–Kier alpha value is -2.34. The average molecular weight is 308 g/mol. The predicted molar refractivity (Wildman–Crippen MR) is 78.5 cm³/mol.